The van der Waals surface area contributed by atoms with E-state index >= 15 is 0 Å². The molecule has 37 heavy (non-hydrogen) atoms. The van der Waals surface area contributed by atoms with Crippen molar-refractivity contribution in [3.63, 3.8) is 0 Å². The Hall–Kier alpha value is -5.00. The third-order valence-electron chi connectivity index (χ3n) is 5.08. The Kier molecular flexibility index (Phi) is 7.28. The molecule has 0 bridgehead atoms. The smallest absolute Gasteiger partial charge is 0.304 e. The van der Waals surface area contributed by atoms with Crippen molar-refractivity contribution in [2.24, 2.45) is 17.8 Å². The molecule has 0 spiro atoms. The van der Waals surface area contributed by atoms with Gasteiger partial charge < -0.3 is 25.1 Å². The summed E-state index contributed by atoms with van der Waals surface area (Å²) in [4.78, 5) is 41.7. The lowest BCUT2D eigenvalue weighted by atomic mass is 10.3. The number of rotatable bonds is 8. The molecule has 12 nitrogen and oxygen atoms in total. The maximum atomic E-state index is 13.0. The van der Waals surface area contributed by atoms with Gasteiger partial charge in [-0.2, -0.15) is 9.97 Å². The van der Waals surface area contributed by atoms with E-state index in [1.54, 1.807) is 54.2 Å². The normalized spacial score (nSPS) is 11.6. The van der Waals surface area contributed by atoms with Gasteiger partial charge in [0.25, 0.3) is 5.56 Å². The summed E-state index contributed by atoms with van der Waals surface area (Å²) in [5.41, 5.74) is 6.59. The number of amides is 1. The number of hydrogen-bond acceptors (Lipinski definition) is 9. The number of imidazole rings is 1. The van der Waals surface area contributed by atoms with Crippen molar-refractivity contribution in [3.05, 3.63) is 65.4 Å². The van der Waals surface area contributed by atoms with Gasteiger partial charge in [-0.1, -0.05) is 0 Å². The first kappa shape index (κ1) is 25.1. The second kappa shape index (κ2) is 10.7. The molecule has 3 N–H and O–H groups in total. The number of carbonyl (C=O) groups excluding carboxylic acids is 1. The number of nitrogens with two attached hydrogens (primary N) is 1. The Bertz CT molecular complexity index is 1580. The van der Waals surface area contributed by atoms with Gasteiger partial charge in [0.2, 0.25) is 11.8 Å². The largest absolute Gasteiger partial charge is 0.439 e. The van der Waals surface area contributed by atoms with Crippen molar-refractivity contribution in [3.8, 4) is 23.4 Å². The highest BCUT2D eigenvalue weighted by molar-refractivity contribution is 5.87. The lowest BCUT2D eigenvalue weighted by molar-refractivity contribution is -0.114. The first-order valence-electron chi connectivity index (χ1n) is 11.3. The van der Waals surface area contributed by atoms with Gasteiger partial charge >= 0.3 is 6.01 Å². The van der Waals surface area contributed by atoms with E-state index in [9.17, 15) is 9.59 Å². The number of aromatic nitrogens is 5. The molecule has 0 unspecified atom stereocenters. The number of nitrogens with zero attached hydrogens (tertiary/aromatic N) is 6. The van der Waals surface area contributed by atoms with Gasteiger partial charge in [0.05, 0.1) is 5.69 Å². The summed E-state index contributed by atoms with van der Waals surface area (Å²) in [6.45, 7) is 5.18. The number of aliphatic imine (C=N–C) groups is 1. The number of nitrogens with one attached hydrogen (secondary N) is 1. The molecule has 4 rings (SSSR count). The van der Waals surface area contributed by atoms with Crippen LogP contribution in [0.3, 0.4) is 0 Å². The average molecular weight is 505 g/mol. The molecule has 4 aromatic rings. The highest BCUT2D eigenvalue weighted by Crippen LogP contribution is 2.28. The molecule has 0 atom stereocenters. The molecule has 0 aliphatic heterocycles. The molecule has 0 aliphatic carbocycles. The third kappa shape index (κ3) is 5.81. The number of hydrogen-bond donors (Lipinski definition) is 2. The minimum atomic E-state index is -0.319. The summed E-state index contributed by atoms with van der Waals surface area (Å²) in [6, 6.07) is 8.22. The average Bonchev–Trinajstić information content (AvgIpc) is 3.15. The van der Waals surface area contributed by atoms with Crippen molar-refractivity contribution < 1.29 is 15.7 Å². The van der Waals surface area contributed by atoms with Gasteiger partial charge in [-0.15, -0.1) is 0 Å². The monoisotopic (exact) mass is 504 g/mol. The quantitative estimate of drug-likeness (QED) is 0.341. The fourth-order valence-electron chi connectivity index (χ4n) is 3.38. The van der Waals surface area contributed by atoms with Crippen molar-refractivity contribution in [2.45, 2.75) is 26.8 Å². The van der Waals surface area contributed by atoms with E-state index in [-0.39, 0.29) is 30.7 Å². The molecule has 192 valence electrons. The zero-order chi connectivity index (χ0) is 26.5. The molecule has 0 aromatic carbocycles. The Morgan fingerprint density at radius 2 is 2.03 bits per heavy atom. The van der Waals surface area contributed by atoms with Crippen LogP contribution in [0, 0.1) is 0 Å². The van der Waals surface area contributed by atoms with Crippen LogP contribution in [0.2, 0.25) is 0 Å². The Labute approximate surface area is 213 Å². The third-order valence-corrected chi connectivity index (χ3v) is 5.08. The SMILES string of the molecule is CC(=O)Nc1cc(Oc2ccc3nc(Oc4cc(N=C/C=C\N)cn(C(C)C)c4=O)n(C)c3n2)ccn1.[HH]. The van der Waals surface area contributed by atoms with Gasteiger partial charge in [-0.25, -0.2) is 4.98 Å². The first-order valence-corrected chi connectivity index (χ1v) is 11.3. The lowest BCUT2D eigenvalue weighted by Gasteiger charge is -2.13. The lowest BCUT2D eigenvalue weighted by Crippen LogP contribution is -2.22. The van der Waals surface area contributed by atoms with Gasteiger partial charge in [0, 0.05) is 58.2 Å². The molecule has 0 saturated carbocycles. The number of pyridine rings is 3. The zero-order valence-electron chi connectivity index (χ0n) is 20.7. The molecule has 0 fully saturated rings. The first-order chi connectivity index (χ1) is 17.7. The van der Waals surface area contributed by atoms with Crippen LogP contribution in [0.5, 0.6) is 23.4 Å². The fraction of sp³-hybridized carbons (Fsp3) is 0.200. The molecule has 0 radical (unpaired) electrons. The molecule has 0 aliphatic rings. The van der Waals surface area contributed by atoms with Crippen LogP contribution in [0.15, 0.2) is 64.8 Å². The molecule has 4 aromatic heterocycles. The molecule has 0 saturated heterocycles. The second-order valence-corrected chi connectivity index (χ2v) is 8.24. The van der Waals surface area contributed by atoms with E-state index in [0.29, 0.717) is 34.3 Å². The van der Waals surface area contributed by atoms with Crippen LogP contribution in [0.1, 0.15) is 28.2 Å². The van der Waals surface area contributed by atoms with Gasteiger partial charge in [0.1, 0.15) is 17.1 Å². The Morgan fingerprint density at radius 1 is 1.22 bits per heavy atom. The van der Waals surface area contributed by atoms with Crippen LogP contribution >= 0.6 is 0 Å². The van der Waals surface area contributed by atoms with Gasteiger partial charge in [-0.05, 0) is 38.3 Å². The zero-order valence-corrected chi connectivity index (χ0v) is 20.7. The number of anilines is 1. The summed E-state index contributed by atoms with van der Waals surface area (Å²) in [5, 5.41) is 2.60. The van der Waals surface area contributed by atoms with Gasteiger partial charge in [-0.3, -0.25) is 19.1 Å². The molecular formula is C25H28N8O4. The minimum Gasteiger partial charge on any atom is -0.439 e. The summed E-state index contributed by atoms with van der Waals surface area (Å²) in [6.07, 6.45) is 7.63. The molecule has 4 heterocycles. The number of carbonyl (C=O) groups is 1. The molecule has 1 amide bonds. The number of aryl methyl sites for hydroxylation is 1. The summed E-state index contributed by atoms with van der Waals surface area (Å²) < 4.78 is 14.9. The minimum absolute atomic E-state index is 0. The van der Waals surface area contributed by atoms with E-state index in [4.69, 9.17) is 15.2 Å². The van der Waals surface area contributed by atoms with Crippen LogP contribution < -0.4 is 26.1 Å². The maximum absolute atomic E-state index is 13.0. The summed E-state index contributed by atoms with van der Waals surface area (Å²) >= 11 is 0. The highest BCUT2D eigenvalue weighted by atomic mass is 16.5. The van der Waals surface area contributed by atoms with E-state index in [2.05, 4.69) is 25.3 Å². The van der Waals surface area contributed by atoms with Crippen LogP contribution in [0.4, 0.5) is 11.5 Å². The van der Waals surface area contributed by atoms with E-state index in [1.807, 2.05) is 13.8 Å². The predicted octanol–water partition coefficient (Wildman–Crippen LogP) is 4.07. The van der Waals surface area contributed by atoms with Gasteiger partial charge in [0.15, 0.2) is 11.4 Å². The fourth-order valence-corrected chi connectivity index (χ4v) is 3.38. The number of ether oxygens (including phenoxy) is 2. The summed E-state index contributed by atoms with van der Waals surface area (Å²) in [7, 11) is 1.72. The summed E-state index contributed by atoms with van der Waals surface area (Å²) in [5.74, 6) is 0.933. The van der Waals surface area contributed by atoms with E-state index in [1.165, 1.54) is 30.1 Å². The molecule has 12 heteroatoms. The van der Waals surface area contributed by atoms with Crippen molar-refractivity contribution in [1.29, 1.82) is 0 Å². The van der Waals surface area contributed by atoms with E-state index in [0.717, 1.165) is 0 Å². The standard InChI is InChI=1S/C25H26N8O4.H2/c1-15(2)33-14-17(27-10-5-9-26)12-20(24(33)35)37-25-30-19-6-7-22(31-23(19)32(25)4)36-18-8-11-28-21(13-18)29-16(3)34;/h5-15H,26H2,1-4H3,(H,28,29,34);1H/b9-5-,27-10?;. The Morgan fingerprint density at radius 3 is 2.76 bits per heavy atom. The predicted molar refractivity (Wildman–Crippen MR) is 142 cm³/mol. The Balaban J connectivity index is 0.00000400. The van der Waals surface area contributed by atoms with Crippen molar-refractivity contribution >= 4 is 34.8 Å². The van der Waals surface area contributed by atoms with E-state index < -0.39 is 0 Å². The van der Waals surface area contributed by atoms with Crippen LogP contribution in [-0.2, 0) is 11.8 Å². The van der Waals surface area contributed by atoms with Crippen LogP contribution in [0.25, 0.3) is 11.2 Å². The number of fused-ring (bicyclic) bond motifs is 1. The second-order valence-electron chi connectivity index (χ2n) is 8.24. The van der Waals surface area contributed by atoms with Crippen molar-refractivity contribution in [2.75, 3.05) is 5.32 Å². The molecular weight excluding hydrogens is 476 g/mol. The van der Waals surface area contributed by atoms with Crippen LogP contribution in [-0.4, -0.2) is 36.2 Å². The number of allylic oxidation sites excluding steroid dienone is 1. The highest BCUT2D eigenvalue weighted by Gasteiger charge is 2.17. The van der Waals surface area contributed by atoms with Crippen molar-refractivity contribution in [1.82, 2.24) is 24.1 Å². The maximum Gasteiger partial charge on any atom is 0.304 e. The topological polar surface area (TPSA) is 152 Å².